The Balaban J connectivity index is 1.86. The molecule has 20 heavy (non-hydrogen) atoms. The van der Waals surface area contributed by atoms with Gasteiger partial charge in [0.2, 0.25) is 0 Å². The van der Waals surface area contributed by atoms with Crippen LogP contribution in [0.3, 0.4) is 0 Å². The zero-order valence-corrected chi connectivity index (χ0v) is 11.8. The third kappa shape index (κ3) is 1.68. The Bertz CT molecular complexity index is 590. The standard InChI is InChI=1S/C17H20O3/c1-9-5-14(18)16-15(19)8-12-6-10-3-2-4-11(10)7-13(12)17(16)20-9/h8-11,19H,2-7H2,1H3. The van der Waals surface area contributed by atoms with Crippen molar-refractivity contribution in [2.45, 2.75) is 51.6 Å². The fourth-order valence-corrected chi connectivity index (χ4v) is 4.34. The summed E-state index contributed by atoms with van der Waals surface area (Å²) in [6.07, 6.45) is 6.25. The highest BCUT2D eigenvalue weighted by Gasteiger charge is 2.37. The molecule has 3 unspecified atom stereocenters. The van der Waals surface area contributed by atoms with Gasteiger partial charge < -0.3 is 9.84 Å². The fourth-order valence-electron chi connectivity index (χ4n) is 4.34. The second kappa shape index (κ2) is 4.24. The Kier molecular flexibility index (Phi) is 2.60. The van der Waals surface area contributed by atoms with Crippen molar-refractivity contribution in [2.24, 2.45) is 11.8 Å². The van der Waals surface area contributed by atoms with Crippen molar-refractivity contribution in [3.05, 3.63) is 22.8 Å². The summed E-state index contributed by atoms with van der Waals surface area (Å²) in [5, 5.41) is 10.2. The highest BCUT2D eigenvalue weighted by molar-refractivity contribution is 6.03. The summed E-state index contributed by atoms with van der Waals surface area (Å²) in [6, 6.07) is 1.82. The largest absolute Gasteiger partial charge is 0.507 e. The van der Waals surface area contributed by atoms with Gasteiger partial charge >= 0.3 is 0 Å². The van der Waals surface area contributed by atoms with Crippen LogP contribution in [0.1, 0.15) is 54.1 Å². The molecule has 4 rings (SSSR count). The van der Waals surface area contributed by atoms with Crippen molar-refractivity contribution >= 4 is 5.78 Å². The number of carbonyl (C=O) groups is 1. The number of hydrogen-bond donors (Lipinski definition) is 1. The van der Waals surface area contributed by atoms with Crippen LogP contribution in [0.5, 0.6) is 11.5 Å². The number of fused-ring (bicyclic) bond motifs is 4. The van der Waals surface area contributed by atoms with Gasteiger partial charge in [-0.25, -0.2) is 0 Å². The molecule has 0 radical (unpaired) electrons. The first-order valence-corrected chi connectivity index (χ1v) is 7.71. The Morgan fingerprint density at radius 2 is 1.95 bits per heavy atom. The van der Waals surface area contributed by atoms with Crippen LogP contribution in [0, 0.1) is 11.8 Å². The zero-order chi connectivity index (χ0) is 13.9. The number of ether oxygens (including phenoxy) is 1. The van der Waals surface area contributed by atoms with Gasteiger partial charge in [-0.05, 0) is 61.6 Å². The maximum absolute atomic E-state index is 12.2. The summed E-state index contributed by atoms with van der Waals surface area (Å²) in [4.78, 5) is 12.2. The normalized spacial score (nSPS) is 31.2. The SMILES string of the molecule is CC1CC(=O)c2c(O)cc3c(c2O1)CC1CCCC1C3. The van der Waals surface area contributed by atoms with Gasteiger partial charge in [0.25, 0.3) is 0 Å². The number of rotatable bonds is 0. The summed E-state index contributed by atoms with van der Waals surface area (Å²) in [6.45, 7) is 1.93. The molecular weight excluding hydrogens is 252 g/mol. The van der Waals surface area contributed by atoms with E-state index in [9.17, 15) is 9.90 Å². The lowest BCUT2D eigenvalue weighted by Crippen LogP contribution is -2.28. The third-order valence-corrected chi connectivity index (χ3v) is 5.29. The molecule has 1 N–H and O–H groups in total. The Morgan fingerprint density at radius 1 is 1.20 bits per heavy atom. The molecule has 3 heteroatoms. The highest BCUT2D eigenvalue weighted by Crippen LogP contribution is 2.48. The average Bonchev–Trinajstić information content (AvgIpc) is 2.82. The second-order valence-electron chi connectivity index (χ2n) is 6.65. The smallest absolute Gasteiger partial charge is 0.174 e. The summed E-state index contributed by atoms with van der Waals surface area (Å²) in [5.74, 6) is 2.33. The van der Waals surface area contributed by atoms with Crippen LogP contribution < -0.4 is 4.74 Å². The van der Waals surface area contributed by atoms with Gasteiger partial charge in [-0.2, -0.15) is 0 Å². The molecule has 2 aliphatic carbocycles. The van der Waals surface area contributed by atoms with Crippen LogP contribution >= 0.6 is 0 Å². The van der Waals surface area contributed by atoms with Gasteiger partial charge in [0.05, 0.1) is 0 Å². The first-order valence-electron chi connectivity index (χ1n) is 7.71. The molecule has 1 fully saturated rings. The molecule has 1 aliphatic heterocycles. The van der Waals surface area contributed by atoms with E-state index in [1.165, 1.54) is 30.4 Å². The lowest BCUT2D eigenvalue weighted by atomic mass is 9.76. The Labute approximate surface area is 118 Å². The molecule has 1 heterocycles. The van der Waals surface area contributed by atoms with Crippen LogP contribution in [-0.2, 0) is 12.8 Å². The van der Waals surface area contributed by atoms with Crippen molar-refractivity contribution < 1.29 is 14.6 Å². The molecule has 1 aromatic carbocycles. The minimum atomic E-state index is -0.0813. The Morgan fingerprint density at radius 3 is 2.75 bits per heavy atom. The van der Waals surface area contributed by atoms with Crippen LogP contribution in [0.25, 0.3) is 0 Å². The van der Waals surface area contributed by atoms with E-state index in [-0.39, 0.29) is 17.6 Å². The number of ketones is 1. The summed E-state index contributed by atoms with van der Waals surface area (Å²) in [5.41, 5.74) is 2.82. The summed E-state index contributed by atoms with van der Waals surface area (Å²) >= 11 is 0. The first kappa shape index (κ1) is 12.2. The number of aromatic hydroxyl groups is 1. The maximum atomic E-state index is 12.2. The molecule has 0 amide bonds. The number of phenolic OH excluding ortho intramolecular Hbond substituents is 1. The van der Waals surface area contributed by atoms with Gasteiger partial charge in [0.1, 0.15) is 23.2 Å². The van der Waals surface area contributed by atoms with Crippen LogP contribution in [-0.4, -0.2) is 17.0 Å². The quantitative estimate of drug-likeness (QED) is 0.788. The van der Waals surface area contributed by atoms with Crippen LogP contribution in [0.4, 0.5) is 0 Å². The predicted molar refractivity (Wildman–Crippen MR) is 75.4 cm³/mol. The van der Waals surface area contributed by atoms with E-state index >= 15 is 0 Å². The van der Waals surface area contributed by atoms with Crippen molar-refractivity contribution in [1.29, 1.82) is 0 Å². The summed E-state index contributed by atoms with van der Waals surface area (Å²) in [7, 11) is 0. The number of phenols is 1. The minimum Gasteiger partial charge on any atom is -0.507 e. The van der Waals surface area contributed by atoms with E-state index < -0.39 is 0 Å². The number of Topliss-reactive ketones (excluding diaryl/α,β-unsaturated/α-hetero) is 1. The monoisotopic (exact) mass is 272 g/mol. The van der Waals surface area contributed by atoms with E-state index in [1.807, 2.05) is 13.0 Å². The van der Waals surface area contributed by atoms with Crippen molar-refractivity contribution in [2.75, 3.05) is 0 Å². The molecule has 1 saturated carbocycles. The fraction of sp³-hybridized carbons (Fsp3) is 0.588. The van der Waals surface area contributed by atoms with E-state index in [2.05, 4.69) is 0 Å². The van der Waals surface area contributed by atoms with Gasteiger partial charge in [-0.3, -0.25) is 4.79 Å². The van der Waals surface area contributed by atoms with Crippen LogP contribution in [0.15, 0.2) is 6.07 Å². The lowest BCUT2D eigenvalue weighted by Gasteiger charge is -2.33. The topological polar surface area (TPSA) is 46.5 Å². The molecule has 3 nitrogen and oxygen atoms in total. The Hall–Kier alpha value is -1.51. The zero-order valence-electron chi connectivity index (χ0n) is 11.8. The van der Waals surface area contributed by atoms with Gasteiger partial charge in [-0.1, -0.05) is 6.42 Å². The molecule has 3 aliphatic rings. The second-order valence-corrected chi connectivity index (χ2v) is 6.65. The first-order chi connectivity index (χ1) is 9.63. The van der Waals surface area contributed by atoms with Crippen LogP contribution in [0.2, 0.25) is 0 Å². The number of carbonyl (C=O) groups excluding carboxylic acids is 1. The molecule has 0 aromatic heterocycles. The predicted octanol–water partition coefficient (Wildman–Crippen LogP) is 3.26. The van der Waals surface area contributed by atoms with Gasteiger partial charge in [0.15, 0.2) is 5.78 Å². The molecule has 0 spiro atoms. The molecule has 106 valence electrons. The van der Waals surface area contributed by atoms with Gasteiger partial charge in [-0.15, -0.1) is 0 Å². The maximum Gasteiger partial charge on any atom is 0.174 e. The van der Waals surface area contributed by atoms with E-state index in [1.54, 1.807) is 0 Å². The molecule has 3 atom stereocenters. The van der Waals surface area contributed by atoms with Gasteiger partial charge in [0, 0.05) is 6.42 Å². The average molecular weight is 272 g/mol. The van der Waals surface area contributed by atoms with Crippen molar-refractivity contribution in [1.82, 2.24) is 0 Å². The molecule has 0 bridgehead atoms. The minimum absolute atomic E-state index is 0.0209. The number of hydrogen-bond acceptors (Lipinski definition) is 3. The third-order valence-electron chi connectivity index (χ3n) is 5.29. The molecule has 1 aromatic rings. The molecular formula is C17H20O3. The van der Waals surface area contributed by atoms with E-state index in [0.29, 0.717) is 17.7 Å². The summed E-state index contributed by atoms with van der Waals surface area (Å²) < 4.78 is 5.95. The van der Waals surface area contributed by atoms with E-state index in [0.717, 1.165) is 24.7 Å². The highest BCUT2D eigenvalue weighted by atomic mass is 16.5. The van der Waals surface area contributed by atoms with Crippen molar-refractivity contribution in [3.63, 3.8) is 0 Å². The lowest BCUT2D eigenvalue weighted by molar-refractivity contribution is 0.0862. The van der Waals surface area contributed by atoms with E-state index in [4.69, 9.17) is 4.74 Å². The molecule has 0 saturated heterocycles. The van der Waals surface area contributed by atoms with Crippen molar-refractivity contribution in [3.8, 4) is 11.5 Å². The number of benzene rings is 1.